The molecule has 1 unspecified atom stereocenters. The van der Waals surface area contributed by atoms with Crippen LogP contribution in [0.3, 0.4) is 0 Å². The van der Waals surface area contributed by atoms with E-state index in [-0.39, 0.29) is 5.54 Å². The van der Waals surface area contributed by atoms with Crippen LogP contribution in [0.4, 0.5) is 10.1 Å². The molecule has 0 spiro atoms. The van der Waals surface area contributed by atoms with Gasteiger partial charge in [-0.05, 0) is 43.2 Å². The summed E-state index contributed by atoms with van der Waals surface area (Å²) < 4.78 is 12.9. The zero-order chi connectivity index (χ0) is 16.4. The highest BCUT2D eigenvalue weighted by molar-refractivity contribution is 6.35. The first kappa shape index (κ1) is 16.5. The average Bonchev–Trinajstić information content (AvgIpc) is 2.90. The molecular formula is C17H18Cl2FN3. The van der Waals surface area contributed by atoms with E-state index in [0.717, 1.165) is 30.8 Å². The topological polar surface area (TPSA) is 28.2 Å². The first-order valence-corrected chi connectivity index (χ1v) is 8.26. The third-order valence-corrected chi connectivity index (χ3v) is 4.86. The minimum Gasteiger partial charge on any atom is -0.368 e. The van der Waals surface area contributed by atoms with Gasteiger partial charge in [0.15, 0.2) is 0 Å². The predicted octanol–water partition coefficient (Wildman–Crippen LogP) is 4.29. The van der Waals surface area contributed by atoms with Crippen LogP contribution in [0.2, 0.25) is 10.0 Å². The highest BCUT2D eigenvalue weighted by Gasteiger charge is 2.33. The summed E-state index contributed by atoms with van der Waals surface area (Å²) in [6.45, 7) is 4.62. The molecule has 1 N–H and O–H groups in total. The quantitative estimate of drug-likeness (QED) is 0.831. The van der Waals surface area contributed by atoms with Gasteiger partial charge in [-0.1, -0.05) is 29.3 Å². The van der Waals surface area contributed by atoms with Crippen LogP contribution in [0.25, 0.3) is 0 Å². The molecule has 0 aliphatic carbocycles. The first-order valence-electron chi connectivity index (χ1n) is 7.51. The van der Waals surface area contributed by atoms with Gasteiger partial charge >= 0.3 is 0 Å². The fourth-order valence-corrected chi connectivity index (χ4v) is 3.33. The van der Waals surface area contributed by atoms with Gasteiger partial charge in [0.25, 0.3) is 0 Å². The number of anilines is 1. The van der Waals surface area contributed by atoms with Crippen molar-refractivity contribution < 1.29 is 4.39 Å². The van der Waals surface area contributed by atoms with E-state index in [1.807, 2.05) is 12.1 Å². The maximum Gasteiger partial charge on any atom is 0.212 e. The maximum atomic E-state index is 12.9. The second-order valence-electron chi connectivity index (χ2n) is 6.16. The van der Waals surface area contributed by atoms with Gasteiger partial charge in [0.05, 0.1) is 11.9 Å². The summed E-state index contributed by atoms with van der Waals surface area (Å²) in [5.41, 5.74) is 1.94. The number of hydrogen-bond donors (Lipinski definition) is 1. The molecule has 1 atom stereocenters. The minimum atomic E-state index is -0.453. The molecule has 1 aromatic carbocycles. The van der Waals surface area contributed by atoms with Gasteiger partial charge in [-0.25, -0.2) is 4.98 Å². The Labute approximate surface area is 145 Å². The second kappa shape index (κ2) is 6.63. The lowest BCUT2D eigenvalue weighted by molar-refractivity contribution is 0.389. The van der Waals surface area contributed by atoms with E-state index in [1.165, 1.54) is 6.07 Å². The molecule has 0 bridgehead atoms. The zero-order valence-electron chi connectivity index (χ0n) is 12.8. The average molecular weight is 354 g/mol. The molecular weight excluding hydrogens is 336 g/mol. The largest absolute Gasteiger partial charge is 0.368 e. The van der Waals surface area contributed by atoms with Crippen LogP contribution >= 0.6 is 23.2 Å². The number of rotatable bonds is 4. The smallest absolute Gasteiger partial charge is 0.212 e. The summed E-state index contributed by atoms with van der Waals surface area (Å²) in [5, 5.41) is 4.89. The van der Waals surface area contributed by atoms with E-state index in [0.29, 0.717) is 16.6 Å². The SMILES string of the molecule is CC1(NCc2ccc(Cl)cc2Cl)CCN(c2ccc(F)nc2)C1. The van der Waals surface area contributed by atoms with Gasteiger partial charge in [-0.3, -0.25) is 0 Å². The van der Waals surface area contributed by atoms with Gasteiger partial charge in [0.1, 0.15) is 0 Å². The predicted molar refractivity (Wildman–Crippen MR) is 92.7 cm³/mol. The van der Waals surface area contributed by atoms with E-state index in [1.54, 1.807) is 18.3 Å². The Hall–Kier alpha value is -1.36. The third-order valence-electron chi connectivity index (χ3n) is 4.27. The van der Waals surface area contributed by atoms with Crippen molar-refractivity contribution >= 4 is 28.9 Å². The van der Waals surface area contributed by atoms with E-state index >= 15 is 0 Å². The number of halogens is 3. The molecule has 122 valence electrons. The highest BCUT2D eigenvalue weighted by Crippen LogP contribution is 2.27. The van der Waals surface area contributed by atoms with Crippen molar-refractivity contribution in [1.29, 1.82) is 0 Å². The standard InChI is InChI=1S/C17H18Cl2FN3/c1-17(22-9-12-2-3-13(18)8-15(12)19)6-7-23(11-17)14-4-5-16(20)21-10-14/h2-5,8,10,22H,6-7,9,11H2,1H3. The fourth-order valence-electron chi connectivity index (χ4n) is 2.85. The van der Waals surface area contributed by atoms with Gasteiger partial charge < -0.3 is 10.2 Å². The Kier molecular flexibility index (Phi) is 4.76. The van der Waals surface area contributed by atoms with Crippen molar-refractivity contribution in [2.75, 3.05) is 18.0 Å². The molecule has 2 aromatic rings. The summed E-state index contributed by atoms with van der Waals surface area (Å²) in [4.78, 5) is 5.94. The molecule has 1 aromatic heterocycles. The lowest BCUT2D eigenvalue weighted by Gasteiger charge is -2.27. The van der Waals surface area contributed by atoms with Gasteiger partial charge in [0.2, 0.25) is 5.95 Å². The Morgan fingerprint density at radius 2 is 2.13 bits per heavy atom. The number of aromatic nitrogens is 1. The van der Waals surface area contributed by atoms with Crippen LogP contribution in [0.5, 0.6) is 0 Å². The monoisotopic (exact) mass is 353 g/mol. The molecule has 0 saturated carbocycles. The van der Waals surface area contributed by atoms with Gasteiger partial charge in [-0.15, -0.1) is 0 Å². The van der Waals surface area contributed by atoms with Crippen LogP contribution < -0.4 is 10.2 Å². The van der Waals surface area contributed by atoms with Gasteiger partial charge in [0, 0.05) is 35.2 Å². The van der Waals surface area contributed by atoms with Crippen molar-refractivity contribution in [2.45, 2.75) is 25.4 Å². The lowest BCUT2D eigenvalue weighted by atomic mass is 10.0. The molecule has 1 aliphatic heterocycles. The Morgan fingerprint density at radius 3 is 2.83 bits per heavy atom. The van der Waals surface area contributed by atoms with E-state index in [9.17, 15) is 4.39 Å². The molecule has 1 aliphatic rings. The molecule has 23 heavy (non-hydrogen) atoms. The van der Waals surface area contributed by atoms with Crippen LogP contribution in [-0.2, 0) is 6.54 Å². The molecule has 2 heterocycles. The Bertz CT molecular complexity index is 693. The summed E-state index contributed by atoms with van der Waals surface area (Å²) in [5.74, 6) is -0.453. The fraction of sp³-hybridized carbons (Fsp3) is 0.353. The van der Waals surface area contributed by atoms with Crippen molar-refractivity contribution in [3.63, 3.8) is 0 Å². The van der Waals surface area contributed by atoms with Gasteiger partial charge in [-0.2, -0.15) is 4.39 Å². The summed E-state index contributed by atoms with van der Waals surface area (Å²) in [6.07, 6.45) is 2.58. The van der Waals surface area contributed by atoms with Crippen molar-refractivity contribution in [3.8, 4) is 0 Å². The normalized spacial score (nSPS) is 21.0. The number of pyridine rings is 1. The van der Waals surface area contributed by atoms with Crippen molar-refractivity contribution in [2.24, 2.45) is 0 Å². The van der Waals surface area contributed by atoms with E-state index < -0.39 is 5.95 Å². The summed E-state index contributed by atoms with van der Waals surface area (Å²) in [7, 11) is 0. The second-order valence-corrected chi connectivity index (χ2v) is 7.00. The molecule has 0 amide bonds. The van der Waals surface area contributed by atoms with Crippen LogP contribution in [-0.4, -0.2) is 23.6 Å². The third kappa shape index (κ3) is 3.94. The van der Waals surface area contributed by atoms with Crippen LogP contribution in [0.1, 0.15) is 18.9 Å². The molecule has 3 rings (SSSR count). The van der Waals surface area contributed by atoms with Crippen molar-refractivity contribution in [1.82, 2.24) is 10.3 Å². The highest BCUT2D eigenvalue weighted by atomic mass is 35.5. The first-order chi connectivity index (χ1) is 11.0. The minimum absolute atomic E-state index is 0.0304. The lowest BCUT2D eigenvalue weighted by Crippen LogP contribution is -2.44. The Balaban J connectivity index is 1.63. The van der Waals surface area contributed by atoms with Crippen LogP contribution in [0, 0.1) is 5.95 Å². The number of benzene rings is 1. The molecule has 6 heteroatoms. The summed E-state index contributed by atoms with van der Waals surface area (Å²) >= 11 is 12.1. The zero-order valence-corrected chi connectivity index (χ0v) is 14.3. The number of nitrogens with zero attached hydrogens (tertiary/aromatic N) is 2. The van der Waals surface area contributed by atoms with E-state index in [4.69, 9.17) is 23.2 Å². The molecule has 0 radical (unpaired) electrons. The number of nitrogens with one attached hydrogen (secondary N) is 1. The van der Waals surface area contributed by atoms with Crippen LogP contribution in [0.15, 0.2) is 36.5 Å². The summed E-state index contributed by atoms with van der Waals surface area (Å²) in [6, 6.07) is 8.71. The Morgan fingerprint density at radius 1 is 1.30 bits per heavy atom. The maximum absolute atomic E-state index is 12.9. The molecule has 1 fully saturated rings. The number of hydrogen-bond acceptors (Lipinski definition) is 3. The van der Waals surface area contributed by atoms with Crippen molar-refractivity contribution in [3.05, 3.63) is 58.1 Å². The molecule has 1 saturated heterocycles. The van der Waals surface area contributed by atoms with E-state index in [2.05, 4.69) is 22.1 Å². The molecule has 3 nitrogen and oxygen atoms in total.